The molecule has 6 rings (SSSR count). The van der Waals surface area contributed by atoms with Crippen LogP contribution in [0.25, 0.3) is 0 Å². The normalized spacial score (nSPS) is 52.4. The summed E-state index contributed by atoms with van der Waals surface area (Å²) >= 11 is 0. The summed E-state index contributed by atoms with van der Waals surface area (Å²) in [5.41, 5.74) is -2.73. The van der Waals surface area contributed by atoms with Crippen LogP contribution in [0.4, 0.5) is 0 Å². The van der Waals surface area contributed by atoms with Crippen molar-refractivity contribution in [1.29, 1.82) is 0 Å². The molecule has 2 saturated heterocycles. The Labute approximate surface area is 325 Å². The molecule has 9 N–H and O–H groups in total. The minimum atomic E-state index is -1.46. The zero-order valence-electron chi connectivity index (χ0n) is 33.6. The van der Waals surface area contributed by atoms with Crippen LogP contribution >= 0.6 is 0 Å². The largest absolute Gasteiger partial charge is 0.394 e. The van der Waals surface area contributed by atoms with Crippen molar-refractivity contribution >= 4 is 0 Å². The predicted octanol–water partition coefficient (Wildman–Crippen LogP) is -0.0801. The highest BCUT2D eigenvalue weighted by molar-refractivity contribution is 5.22. The fourth-order valence-corrected chi connectivity index (χ4v) is 12.7. The summed E-state index contributed by atoms with van der Waals surface area (Å²) in [6, 6.07) is 0. The van der Waals surface area contributed by atoms with Gasteiger partial charge < -0.3 is 74.4 Å². The average Bonchev–Trinajstić information content (AvgIpc) is 3.53. The van der Waals surface area contributed by atoms with E-state index < -0.39 is 115 Å². The standard InChI is InChI=1S/C40H70O15/c1-18(2)20(16-52-37-34(29(45)23(15-41)54-37)55-36-33(51-7)30(46)24(50-6)17-53-36)9-8-19(3)26-31(47)32(48)35-39(26,5)13-11-25-38(4)12-10-21(42)28(44)27(38)22(43)14-40(25,35)49/h18-37,41-49H,8-17H2,1-7H3/t19-,20+,21-,22+,23-,24+,25-,26-,27-,28+,29-,30-,31+,32-,33+,34+,35+,36-,37+,38-,39-,40+/m1/s1. The highest BCUT2D eigenvalue weighted by atomic mass is 16.8. The lowest BCUT2D eigenvalue weighted by Crippen LogP contribution is -2.71. The minimum absolute atomic E-state index is 0.0180. The lowest BCUT2D eigenvalue weighted by molar-refractivity contribution is -0.310. The molecule has 0 bridgehead atoms. The fraction of sp³-hybridized carbons (Fsp3) is 1.00. The van der Waals surface area contributed by atoms with Gasteiger partial charge in [-0.3, -0.25) is 0 Å². The number of hydrogen-bond acceptors (Lipinski definition) is 15. The summed E-state index contributed by atoms with van der Waals surface area (Å²) in [4.78, 5) is 0. The zero-order chi connectivity index (χ0) is 40.4. The van der Waals surface area contributed by atoms with Gasteiger partial charge in [-0.1, -0.05) is 34.6 Å². The second-order valence-corrected chi connectivity index (χ2v) is 18.8. The van der Waals surface area contributed by atoms with E-state index in [1.165, 1.54) is 14.2 Å². The SMILES string of the molecule is CO[C@@H]1[C@@H](O[C@@H]2[C@@H](OC[C@H](CC[C@@H](C)[C@@H]3[C@H](O)[C@@H](O)[C@H]4[C@]3(C)CC[C@@H]3[C@@]5(C)CC[C@@H](O)[C@H](O)[C@H]5[C@@H](O)C[C@]34O)C(C)C)O[C@H](CO)[C@H]2O)OC[C@H](OC)[C@H]1O. The Morgan fingerprint density at radius 1 is 0.764 bits per heavy atom. The van der Waals surface area contributed by atoms with Gasteiger partial charge >= 0.3 is 0 Å². The Kier molecular flexibility index (Phi) is 13.4. The van der Waals surface area contributed by atoms with Crippen LogP contribution in [-0.4, -0.2) is 165 Å². The van der Waals surface area contributed by atoms with Crippen LogP contribution in [0.1, 0.15) is 79.6 Å². The van der Waals surface area contributed by atoms with E-state index in [1.54, 1.807) is 0 Å². The van der Waals surface area contributed by atoms with Gasteiger partial charge in [0.2, 0.25) is 0 Å². The molecule has 2 heterocycles. The third kappa shape index (κ3) is 7.47. The molecule has 22 atom stereocenters. The van der Waals surface area contributed by atoms with Gasteiger partial charge in [0.25, 0.3) is 0 Å². The number of aliphatic hydroxyl groups excluding tert-OH is 8. The van der Waals surface area contributed by atoms with E-state index in [9.17, 15) is 46.0 Å². The summed E-state index contributed by atoms with van der Waals surface area (Å²) in [7, 11) is 2.87. The maximum atomic E-state index is 12.7. The van der Waals surface area contributed by atoms with Gasteiger partial charge in [-0.05, 0) is 78.9 Å². The van der Waals surface area contributed by atoms with E-state index in [1.807, 2.05) is 6.92 Å². The lowest BCUT2D eigenvalue weighted by Gasteiger charge is -2.66. The number of fused-ring (bicyclic) bond motifs is 5. The van der Waals surface area contributed by atoms with E-state index in [4.69, 9.17) is 28.4 Å². The number of methoxy groups -OCH3 is 2. The summed E-state index contributed by atoms with van der Waals surface area (Å²) in [6.07, 6.45) is -9.78. The Morgan fingerprint density at radius 2 is 1.45 bits per heavy atom. The summed E-state index contributed by atoms with van der Waals surface area (Å²) < 4.78 is 34.9. The predicted molar refractivity (Wildman–Crippen MR) is 195 cm³/mol. The number of hydrogen-bond donors (Lipinski definition) is 9. The van der Waals surface area contributed by atoms with Crippen LogP contribution in [-0.2, 0) is 28.4 Å². The molecule has 0 amide bonds. The fourth-order valence-electron chi connectivity index (χ4n) is 12.7. The van der Waals surface area contributed by atoms with E-state index in [2.05, 4.69) is 27.7 Å². The van der Waals surface area contributed by atoms with Crippen molar-refractivity contribution in [3.8, 4) is 0 Å². The highest BCUT2D eigenvalue weighted by Gasteiger charge is 2.73. The first-order valence-corrected chi connectivity index (χ1v) is 20.6. The molecule has 0 unspecified atom stereocenters. The molecule has 15 heteroatoms. The highest BCUT2D eigenvalue weighted by Crippen LogP contribution is 2.70. The number of rotatable bonds is 13. The molecule has 4 saturated carbocycles. The van der Waals surface area contributed by atoms with Crippen molar-refractivity contribution in [2.24, 2.45) is 52.3 Å². The topological polar surface area (TPSA) is 237 Å². The van der Waals surface area contributed by atoms with Crippen molar-refractivity contribution in [2.45, 2.75) is 165 Å². The molecular formula is C40H70O15. The maximum Gasteiger partial charge on any atom is 0.187 e. The Bertz CT molecular complexity index is 1280. The van der Waals surface area contributed by atoms with Gasteiger partial charge in [0.1, 0.15) is 36.6 Å². The second kappa shape index (κ2) is 16.8. The summed E-state index contributed by atoms with van der Waals surface area (Å²) in [5.74, 6) is -1.79. The maximum absolute atomic E-state index is 12.7. The molecule has 320 valence electrons. The molecule has 0 aromatic carbocycles. The quantitative estimate of drug-likeness (QED) is 0.119. The smallest absolute Gasteiger partial charge is 0.187 e. The van der Waals surface area contributed by atoms with Gasteiger partial charge in [-0.15, -0.1) is 0 Å². The molecule has 15 nitrogen and oxygen atoms in total. The van der Waals surface area contributed by atoms with Gasteiger partial charge in [0.15, 0.2) is 12.6 Å². The van der Waals surface area contributed by atoms with E-state index >= 15 is 0 Å². The second-order valence-electron chi connectivity index (χ2n) is 18.8. The van der Waals surface area contributed by atoms with E-state index in [0.29, 0.717) is 38.5 Å². The third-order valence-corrected chi connectivity index (χ3v) is 15.7. The molecule has 6 fully saturated rings. The van der Waals surface area contributed by atoms with Crippen LogP contribution < -0.4 is 0 Å². The van der Waals surface area contributed by atoms with Gasteiger partial charge in [-0.2, -0.15) is 0 Å². The van der Waals surface area contributed by atoms with Crippen LogP contribution in [0.5, 0.6) is 0 Å². The van der Waals surface area contributed by atoms with E-state index in [-0.39, 0.29) is 49.2 Å². The Morgan fingerprint density at radius 3 is 2.09 bits per heavy atom. The van der Waals surface area contributed by atoms with Crippen molar-refractivity contribution in [3.63, 3.8) is 0 Å². The summed E-state index contributed by atoms with van der Waals surface area (Å²) in [6.45, 7) is 10.1. The first-order valence-electron chi connectivity index (χ1n) is 20.6. The van der Waals surface area contributed by atoms with Gasteiger partial charge in [-0.25, -0.2) is 0 Å². The molecule has 6 aliphatic rings. The number of ether oxygens (including phenoxy) is 6. The molecule has 0 aromatic rings. The Balaban J connectivity index is 1.12. The zero-order valence-corrected chi connectivity index (χ0v) is 33.6. The van der Waals surface area contributed by atoms with Crippen molar-refractivity contribution in [2.75, 3.05) is 34.0 Å². The molecular weight excluding hydrogens is 720 g/mol. The first-order chi connectivity index (χ1) is 25.9. The number of aliphatic hydroxyl groups is 9. The van der Waals surface area contributed by atoms with Gasteiger partial charge in [0, 0.05) is 32.5 Å². The van der Waals surface area contributed by atoms with Crippen LogP contribution in [0, 0.1) is 52.3 Å². The van der Waals surface area contributed by atoms with Gasteiger partial charge in [0.05, 0.1) is 55.9 Å². The average molecular weight is 791 g/mol. The van der Waals surface area contributed by atoms with Crippen molar-refractivity contribution < 1.29 is 74.4 Å². The minimum Gasteiger partial charge on any atom is -0.394 e. The van der Waals surface area contributed by atoms with Crippen molar-refractivity contribution in [3.05, 3.63) is 0 Å². The monoisotopic (exact) mass is 790 g/mol. The molecule has 4 aliphatic carbocycles. The molecule has 0 radical (unpaired) electrons. The Hall–Kier alpha value is -0.600. The molecule has 0 spiro atoms. The van der Waals surface area contributed by atoms with Crippen molar-refractivity contribution in [1.82, 2.24) is 0 Å². The van der Waals surface area contributed by atoms with Crippen LogP contribution in [0.15, 0.2) is 0 Å². The van der Waals surface area contributed by atoms with E-state index in [0.717, 1.165) is 0 Å². The molecule has 55 heavy (non-hydrogen) atoms. The summed E-state index contributed by atoms with van der Waals surface area (Å²) in [5, 5.41) is 101. The van der Waals surface area contributed by atoms with Crippen LogP contribution in [0.3, 0.4) is 0 Å². The third-order valence-electron chi connectivity index (χ3n) is 15.7. The first kappa shape index (κ1) is 44.0. The molecule has 0 aromatic heterocycles. The molecule has 2 aliphatic heterocycles. The lowest BCUT2D eigenvalue weighted by atomic mass is 9.41. The van der Waals surface area contributed by atoms with Crippen LogP contribution in [0.2, 0.25) is 0 Å².